The minimum absolute atomic E-state index is 0.301. The normalized spacial score (nSPS) is 16.2. The van der Waals surface area contributed by atoms with Crippen LogP contribution in [-0.4, -0.2) is 18.6 Å². The summed E-state index contributed by atoms with van der Waals surface area (Å²) in [5, 5.41) is 2.63. The van der Waals surface area contributed by atoms with E-state index in [1.807, 2.05) is 31.2 Å². The van der Waals surface area contributed by atoms with Crippen LogP contribution in [-0.2, 0) is 9.53 Å². The van der Waals surface area contributed by atoms with Crippen molar-refractivity contribution in [3.8, 4) is 0 Å². The van der Waals surface area contributed by atoms with Crippen LogP contribution in [0.1, 0.15) is 12.5 Å². The van der Waals surface area contributed by atoms with E-state index in [-0.39, 0.29) is 6.03 Å². The molecule has 1 heterocycles. The summed E-state index contributed by atoms with van der Waals surface area (Å²) in [5.74, 6) is -0.476. The van der Waals surface area contributed by atoms with E-state index in [4.69, 9.17) is 4.74 Å². The Morgan fingerprint density at radius 2 is 2.05 bits per heavy atom. The van der Waals surface area contributed by atoms with Crippen molar-refractivity contribution in [3.63, 3.8) is 0 Å². The average Bonchev–Trinajstić information content (AvgIpc) is 2.40. The molecule has 1 aromatic rings. The molecule has 0 unspecified atom stereocenters. The van der Waals surface area contributed by atoms with Gasteiger partial charge in [-0.25, -0.2) is 9.59 Å². The Hall–Kier alpha value is -2.56. The van der Waals surface area contributed by atoms with Gasteiger partial charge in [-0.15, -0.1) is 0 Å². The number of rotatable bonds is 3. The number of carbonyl (C=O) groups excluding carboxylic acids is 2. The summed E-state index contributed by atoms with van der Waals surface area (Å²) < 4.78 is 4.79. The Labute approximate surface area is 117 Å². The molecule has 1 N–H and O–H groups in total. The molecule has 20 heavy (non-hydrogen) atoms. The van der Waals surface area contributed by atoms with Crippen molar-refractivity contribution in [1.82, 2.24) is 5.32 Å². The number of nitrogens with zero attached hydrogens (tertiary/aromatic N) is 1. The van der Waals surface area contributed by atoms with Gasteiger partial charge in [-0.05, 0) is 32.1 Å². The van der Waals surface area contributed by atoms with Crippen LogP contribution in [0.15, 0.2) is 48.3 Å². The first kappa shape index (κ1) is 13.9. The molecular formula is C15H16N2O3. The Morgan fingerprint density at radius 3 is 2.65 bits per heavy atom. The molecule has 0 radical (unpaired) electrons. The smallest absolute Gasteiger partial charge is 0.332 e. The summed E-state index contributed by atoms with van der Waals surface area (Å²) >= 11 is 0. The number of allylic oxidation sites excluding steroid dienone is 1. The maximum Gasteiger partial charge on any atom is 0.332 e. The fraction of sp³-hybridized carbons (Fsp3) is 0.200. The summed E-state index contributed by atoms with van der Waals surface area (Å²) in [6.07, 6.45) is 4.52. The summed E-state index contributed by atoms with van der Waals surface area (Å²) in [6, 6.07) is 7.27. The molecule has 0 saturated heterocycles. The van der Waals surface area contributed by atoms with E-state index in [1.54, 1.807) is 19.2 Å². The summed E-state index contributed by atoms with van der Waals surface area (Å²) in [4.78, 5) is 24.8. The van der Waals surface area contributed by atoms with Gasteiger partial charge in [-0.1, -0.05) is 17.7 Å². The van der Waals surface area contributed by atoms with Crippen molar-refractivity contribution in [2.45, 2.75) is 13.8 Å². The van der Waals surface area contributed by atoms with E-state index in [2.05, 4.69) is 5.32 Å². The zero-order chi connectivity index (χ0) is 14.5. The van der Waals surface area contributed by atoms with Gasteiger partial charge in [-0.3, -0.25) is 4.90 Å². The maximum atomic E-state index is 12.0. The second-order valence-electron chi connectivity index (χ2n) is 4.30. The first-order valence-electron chi connectivity index (χ1n) is 6.33. The fourth-order valence-corrected chi connectivity index (χ4v) is 1.75. The third-order valence-corrected chi connectivity index (χ3v) is 2.75. The average molecular weight is 272 g/mol. The third kappa shape index (κ3) is 3.26. The monoisotopic (exact) mass is 272 g/mol. The Kier molecular flexibility index (Phi) is 4.20. The van der Waals surface area contributed by atoms with Crippen LogP contribution in [0.4, 0.5) is 10.5 Å². The van der Waals surface area contributed by atoms with Gasteiger partial charge in [0.25, 0.3) is 0 Å². The quantitative estimate of drug-likeness (QED) is 0.679. The van der Waals surface area contributed by atoms with Crippen LogP contribution >= 0.6 is 0 Å². The highest BCUT2D eigenvalue weighted by molar-refractivity contribution is 5.97. The van der Waals surface area contributed by atoms with Crippen LogP contribution in [0.5, 0.6) is 0 Å². The number of hydrogen-bond donors (Lipinski definition) is 1. The second kappa shape index (κ2) is 6.06. The van der Waals surface area contributed by atoms with Crippen molar-refractivity contribution in [1.29, 1.82) is 0 Å². The molecule has 0 aromatic heterocycles. The summed E-state index contributed by atoms with van der Waals surface area (Å²) in [7, 11) is 0. The van der Waals surface area contributed by atoms with Gasteiger partial charge in [0, 0.05) is 12.3 Å². The molecule has 0 aliphatic carbocycles. The number of ether oxygens (including phenoxy) is 1. The molecule has 0 bridgehead atoms. The van der Waals surface area contributed by atoms with Gasteiger partial charge in [0.2, 0.25) is 0 Å². The molecule has 1 aliphatic rings. The number of nitrogens with one attached hydrogen (secondary N) is 1. The van der Waals surface area contributed by atoms with Gasteiger partial charge < -0.3 is 10.1 Å². The lowest BCUT2D eigenvalue weighted by molar-refractivity contribution is -0.137. The summed E-state index contributed by atoms with van der Waals surface area (Å²) in [6.45, 7) is 4.01. The first-order chi connectivity index (χ1) is 9.60. The lowest BCUT2D eigenvalue weighted by Crippen LogP contribution is -2.39. The number of carbonyl (C=O) groups is 2. The molecule has 0 spiro atoms. The number of esters is 1. The molecule has 1 aromatic carbocycles. The molecule has 0 fully saturated rings. The van der Waals surface area contributed by atoms with Crippen LogP contribution in [0.3, 0.4) is 0 Å². The van der Waals surface area contributed by atoms with Crippen molar-refractivity contribution >= 4 is 17.7 Å². The predicted octanol–water partition coefficient (Wildman–Crippen LogP) is 2.49. The minimum atomic E-state index is -0.476. The molecule has 5 heteroatoms. The molecule has 0 saturated carbocycles. The lowest BCUT2D eigenvalue weighted by Gasteiger charge is -2.23. The highest BCUT2D eigenvalue weighted by Crippen LogP contribution is 2.18. The van der Waals surface area contributed by atoms with E-state index < -0.39 is 5.97 Å². The van der Waals surface area contributed by atoms with E-state index >= 15 is 0 Å². The Balaban J connectivity index is 2.15. The zero-order valence-corrected chi connectivity index (χ0v) is 11.4. The van der Waals surface area contributed by atoms with Crippen molar-refractivity contribution in [3.05, 3.63) is 53.9 Å². The van der Waals surface area contributed by atoms with Crippen LogP contribution < -0.4 is 10.2 Å². The number of hydrogen-bond acceptors (Lipinski definition) is 3. The molecular weight excluding hydrogens is 256 g/mol. The standard InChI is InChI=1S/C15H16N2O3/c1-3-20-14(18)10-12-8-9-17(15(19)16-12)13-6-4-11(2)5-7-13/h4-10H,3H2,1-2H3,(H,16,19)/b12-10-. The zero-order valence-electron chi connectivity index (χ0n) is 11.4. The van der Waals surface area contributed by atoms with Gasteiger partial charge in [0.05, 0.1) is 18.0 Å². The Morgan fingerprint density at radius 1 is 1.35 bits per heavy atom. The predicted molar refractivity (Wildman–Crippen MR) is 76.0 cm³/mol. The number of anilines is 1. The SMILES string of the molecule is CCOC(=O)/C=C1/C=CN(c2ccc(C)cc2)C(=O)N1. The van der Waals surface area contributed by atoms with Crippen LogP contribution in [0.2, 0.25) is 0 Å². The van der Waals surface area contributed by atoms with Crippen LogP contribution in [0, 0.1) is 6.92 Å². The van der Waals surface area contributed by atoms with Crippen molar-refractivity contribution < 1.29 is 14.3 Å². The molecule has 2 rings (SSSR count). The number of aryl methyl sites for hydroxylation is 1. The van der Waals surface area contributed by atoms with E-state index in [1.165, 1.54) is 11.0 Å². The van der Waals surface area contributed by atoms with Gasteiger partial charge in [-0.2, -0.15) is 0 Å². The van der Waals surface area contributed by atoms with Gasteiger partial charge >= 0.3 is 12.0 Å². The fourth-order valence-electron chi connectivity index (χ4n) is 1.75. The highest BCUT2D eigenvalue weighted by atomic mass is 16.5. The number of amides is 2. The van der Waals surface area contributed by atoms with E-state index in [0.29, 0.717) is 12.3 Å². The number of benzene rings is 1. The molecule has 2 amide bonds. The van der Waals surface area contributed by atoms with E-state index in [9.17, 15) is 9.59 Å². The second-order valence-corrected chi connectivity index (χ2v) is 4.30. The van der Waals surface area contributed by atoms with Crippen molar-refractivity contribution in [2.75, 3.05) is 11.5 Å². The minimum Gasteiger partial charge on any atom is -0.463 e. The highest BCUT2D eigenvalue weighted by Gasteiger charge is 2.18. The lowest BCUT2D eigenvalue weighted by atomic mass is 10.2. The topological polar surface area (TPSA) is 58.6 Å². The first-order valence-corrected chi connectivity index (χ1v) is 6.33. The van der Waals surface area contributed by atoms with Crippen LogP contribution in [0.25, 0.3) is 0 Å². The molecule has 1 aliphatic heterocycles. The number of urea groups is 1. The maximum absolute atomic E-state index is 12.0. The Bertz CT molecular complexity index is 573. The summed E-state index contributed by atoms with van der Waals surface area (Å²) in [5.41, 5.74) is 2.30. The largest absolute Gasteiger partial charge is 0.463 e. The molecule has 104 valence electrons. The molecule has 0 atom stereocenters. The van der Waals surface area contributed by atoms with E-state index in [0.717, 1.165) is 11.3 Å². The van der Waals surface area contributed by atoms with Crippen molar-refractivity contribution in [2.24, 2.45) is 0 Å². The third-order valence-electron chi connectivity index (χ3n) is 2.75. The molecule has 5 nitrogen and oxygen atoms in total. The van der Waals surface area contributed by atoms with Gasteiger partial charge in [0.1, 0.15) is 0 Å². The van der Waals surface area contributed by atoms with Gasteiger partial charge in [0.15, 0.2) is 0 Å².